The molecule has 2 amide bonds. The summed E-state index contributed by atoms with van der Waals surface area (Å²) in [6, 6.07) is 9.97. The average molecular weight is 378 g/mol. The van der Waals surface area contributed by atoms with Crippen molar-refractivity contribution in [2.45, 2.75) is 32.7 Å². The van der Waals surface area contributed by atoms with E-state index in [0.717, 1.165) is 42.6 Å². The number of nitrogens with zero attached hydrogens (tertiary/aromatic N) is 3. The monoisotopic (exact) mass is 378 g/mol. The molecule has 0 unspecified atom stereocenters. The summed E-state index contributed by atoms with van der Waals surface area (Å²) in [4.78, 5) is 33.2. The van der Waals surface area contributed by atoms with E-state index in [4.69, 9.17) is 0 Å². The smallest absolute Gasteiger partial charge is 0.251 e. The molecule has 1 aliphatic carbocycles. The Bertz CT molecular complexity index is 890. The number of benzene rings is 1. The van der Waals surface area contributed by atoms with Gasteiger partial charge in [0.1, 0.15) is 5.82 Å². The minimum Gasteiger partial charge on any atom is -0.349 e. The highest BCUT2D eigenvalue weighted by Crippen LogP contribution is 2.27. The molecule has 1 aliphatic heterocycles. The molecule has 2 fully saturated rings. The number of nitrogens with one attached hydrogen (secondary N) is 1. The molecule has 6 heteroatoms. The zero-order chi connectivity index (χ0) is 19.7. The number of carbonyl (C=O) groups excluding carboxylic acids is 2. The SMILES string of the molecule is CCN1CCN(c2ccc(-c3cc(C(=O)NC4CC4)ccc3C)cn2)C(=O)C1. The van der Waals surface area contributed by atoms with Gasteiger partial charge in [-0.05, 0) is 61.7 Å². The first-order chi connectivity index (χ1) is 13.5. The maximum Gasteiger partial charge on any atom is 0.251 e. The first-order valence-electron chi connectivity index (χ1n) is 9.96. The molecule has 1 aromatic carbocycles. The quantitative estimate of drug-likeness (QED) is 0.869. The van der Waals surface area contributed by atoms with Gasteiger partial charge in [-0.25, -0.2) is 4.98 Å². The largest absolute Gasteiger partial charge is 0.349 e. The van der Waals surface area contributed by atoms with Gasteiger partial charge in [0.25, 0.3) is 5.91 Å². The maximum atomic E-state index is 12.4. The van der Waals surface area contributed by atoms with E-state index in [9.17, 15) is 9.59 Å². The lowest BCUT2D eigenvalue weighted by atomic mass is 9.99. The summed E-state index contributed by atoms with van der Waals surface area (Å²) in [6.07, 6.45) is 3.93. The maximum absolute atomic E-state index is 12.4. The number of carbonyl (C=O) groups is 2. The van der Waals surface area contributed by atoms with Crippen LogP contribution < -0.4 is 10.2 Å². The van der Waals surface area contributed by atoms with Gasteiger partial charge in [0.05, 0.1) is 6.54 Å². The number of amides is 2. The van der Waals surface area contributed by atoms with Crippen molar-refractivity contribution in [3.8, 4) is 11.1 Å². The van der Waals surface area contributed by atoms with E-state index in [2.05, 4.69) is 22.1 Å². The van der Waals surface area contributed by atoms with Crippen molar-refractivity contribution in [2.75, 3.05) is 31.1 Å². The van der Waals surface area contributed by atoms with Crippen molar-refractivity contribution < 1.29 is 9.59 Å². The molecule has 4 rings (SSSR count). The number of anilines is 1. The zero-order valence-electron chi connectivity index (χ0n) is 16.4. The topological polar surface area (TPSA) is 65.5 Å². The molecule has 2 aromatic rings. The molecular weight excluding hydrogens is 352 g/mol. The highest BCUT2D eigenvalue weighted by molar-refractivity contribution is 5.96. The van der Waals surface area contributed by atoms with Gasteiger partial charge in [0, 0.05) is 36.5 Å². The lowest BCUT2D eigenvalue weighted by Crippen LogP contribution is -2.50. The second-order valence-corrected chi connectivity index (χ2v) is 7.60. The van der Waals surface area contributed by atoms with Crippen LogP contribution in [-0.4, -0.2) is 53.9 Å². The lowest BCUT2D eigenvalue weighted by molar-refractivity contribution is -0.121. The second kappa shape index (κ2) is 7.72. The Morgan fingerprint density at radius 1 is 1.21 bits per heavy atom. The van der Waals surface area contributed by atoms with Gasteiger partial charge in [-0.3, -0.25) is 19.4 Å². The van der Waals surface area contributed by atoms with Crippen molar-refractivity contribution in [3.05, 3.63) is 47.7 Å². The predicted octanol–water partition coefficient (Wildman–Crippen LogP) is 2.62. The van der Waals surface area contributed by atoms with Crippen LogP contribution in [0.3, 0.4) is 0 Å². The van der Waals surface area contributed by atoms with Crippen LogP contribution in [0.5, 0.6) is 0 Å². The van der Waals surface area contributed by atoms with Crippen molar-refractivity contribution in [2.24, 2.45) is 0 Å². The standard InChI is InChI=1S/C22H26N4O2/c1-3-25-10-11-26(21(27)14-25)20-9-6-17(13-23-20)19-12-16(5-4-15(19)2)22(28)24-18-7-8-18/h4-6,9,12-13,18H,3,7-8,10-11,14H2,1-2H3,(H,24,28). The van der Waals surface area contributed by atoms with Crippen LogP contribution in [0.15, 0.2) is 36.5 Å². The van der Waals surface area contributed by atoms with E-state index < -0.39 is 0 Å². The summed E-state index contributed by atoms with van der Waals surface area (Å²) < 4.78 is 0. The lowest BCUT2D eigenvalue weighted by Gasteiger charge is -2.32. The molecule has 146 valence electrons. The minimum atomic E-state index is -0.0206. The van der Waals surface area contributed by atoms with Crippen LogP contribution in [-0.2, 0) is 4.79 Å². The molecule has 0 spiro atoms. The molecule has 1 saturated carbocycles. The van der Waals surface area contributed by atoms with Crippen molar-refractivity contribution in [3.63, 3.8) is 0 Å². The van der Waals surface area contributed by atoms with Gasteiger partial charge in [-0.1, -0.05) is 13.0 Å². The summed E-state index contributed by atoms with van der Waals surface area (Å²) in [7, 11) is 0. The first kappa shape index (κ1) is 18.6. The fraction of sp³-hybridized carbons (Fsp3) is 0.409. The van der Waals surface area contributed by atoms with E-state index in [1.54, 1.807) is 11.1 Å². The summed E-state index contributed by atoms with van der Waals surface area (Å²) in [5.74, 6) is 0.751. The minimum absolute atomic E-state index is 0.0206. The molecule has 6 nitrogen and oxygen atoms in total. The molecule has 1 saturated heterocycles. The Kier molecular flexibility index (Phi) is 5.13. The summed E-state index contributed by atoms with van der Waals surface area (Å²) >= 11 is 0. The van der Waals surface area contributed by atoms with Crippen LogP contribution in [0.4, 0.5) is 5.82 Å². The van der Waals surface area contributed by atoms with E-state index in [0.29, 0.717) is 30.5 Å². The number of aryl methyl sites for hydroxylation is 1. The molecule has 0 atom stereocenters. The van der Waals surface area contributed by atoms with Crippen LogP contribution >= 0.6 is 0 Å². The Labute approximate surface area is 165 Å². The highest BCUT2D eigenvalue weighted by atomic mass is 16.2. The van der Waals surface area contributed by atoms with Crippen LogP contribution in [0, 0.1) is 6.92 Å². The summed E-state index contributed by atoms with van der Waals surface area (Å²) in [5, 5.41) is 3.03. The Balaban J connectivity index is 1.53. The molecule has 2 aliphatic rings. The van der Waals surface area contributed by atoms with Crippen molar-refractivity contribution in [1.29, 1.82) is 0 Å². The van der Waals surface area contributed by atoms with Crippen LogP contribution in [0.1, 0.15) is 35.7 Å². The first-order valence-corrected chi connectivity index (χ1v) is 9.96. The Morgan fingerprint density at radius 2 is 2.04 bits per heavy atom. The number of hydrogen-bond donors (Lipinski definition) is 1. The number of pyridine rings is 1. The molecule has 0 radical (unpaired) electrons. The highest BCUT2D eigenvalue weighted by Gasteiger charge is 2.25. The molecule has 2 heterocycles. The third-order valence-electron chi connectivity index (χ3n) is 5.49. The van der Waals surface area contributed by atoms with Crippen molar-refractivity contribution in [1.82, 2.24) is 15.2 Å². The average Bonchev–Trinajstić information content (AvgIpc) is 3.52. The second-order valence-electron chi connectivity index (χ2n) is 7.60. The number of hydrogen-bond acceptors (Lipinski definition) is 4. The fourth-order valence-electron chi connectivity index (χ4n) is 3.51. The fourth-order valence-corrected chi connectivity index (χ4v) is 3.51. The van der Waals surface area contributed by atoms with Gasteiger partial charge in [-0.2, -0.15) is 0 Å². The molecular formula is C22H26N4O2. The molecule has 0 bridgehead atoms. The van der Waals surface area contributed by atoms with E-state index in [1.165, 1.54) is 0 Å². The van der Waals surface area contributed by atoms with Gasteiger partial charge in [0.2, 0.25) is 5.91 Å². The molecule has 1 N–H and O–H groups in total. The van der Waals surface area contributed by atoms with Crippen LogP contribution in [0.2, 0.25) is 0 Å². The van der Waals surface area contributed by atoms with E-state index in [1.807, 2.05) is 37.3 Å². The van der Waals surface area contributed by atoms with Crippen molar-refractivity contribution >= 4 is 17.6 Å². The van der Waals surface area contributed by atoms with E-state index in [-0.39, 0.29) is 11.8 Å². The third kappa shape index (κ3) is 3.92. The predicted molar refractivity (Wildman–Crippen MR) is 109 cm³/mol. The summed E-state index contributed by atoms with van der Waals surface area (Å²) in [6.45, 7) is 6.95. The van der Waals surface area contributed by atoms with Gasteiger partial charge in [-0.15, -0.1) is 0 Å². The van der Waals surface area contributed by atoms with E-state index >= 15 is 0 Å². The summed E-state index contributed by atoms with van der Waals surface area (Å²) in [5.41, 5.74) is 3.69. The third-order valence-corrected chi connectivity index (χ3v) is 5.49. The normalized spacial score (nSPS) is 17.6. The number of aromatic nitrogens is 1. The number of piperazine rings is 1. The Morgan fingerprint density at radius 3 is 2.68 bits per heavy atom. The van der Waals surface area contributed by atoms with Gasteiger partial charge < -0.3 is 5.32 Å². The van der Waals surface area contributed by atoms with Crippen LogP contribution in [0.25, 0.3) is 11.1 Å². The molecule has 1 aromatic heterocycles. The van der Waals surface area contributed by atoms with Gasteiger partial charge in [0.15, 0.2) is 0 Å². The molecule has 28 heavy (non-hydrogen) atoms. The van der Waals surface area contributed by atoms with Gasteiger partial charge >= 0.3 is 0 Å². The number of likely N-dealkylation sites (N-methyl/N-ethyl adjacent to an activating group) is 1. The number of rotatable bonds is 5. The Hall–Kier alpha value is -2.73. The zero-order valence-corrected chi connectivity index (χ0v) is 16.4.